The fourth-order valence-corrected chi connectivity index (χ4v) is 1.82. The molecule has 0 heterocycles. The average molecular weight is 266 g/mol. The fourth-order valence-electron chi connectivity index (χ4n) is 1.82. The maximum atomic E-state index is 11.6. The Morgan fingerprint density at radius 3 is 2.74 bits per heavy atom. The van der Waals surface area contributed by atoms with Crippen molar-refractivity contribution in [2.45, 2.75) is 25.6 Å². The number of nitrogens with one attached hydrogen (secondary N) is 1. The highest BCUT2D eigenvalue weighted by Gasteiger charge is 2.14. The van der Waals surface area contributed by atoms with E-state index in [1.54, 1.807) is 0 Å². The molecule has 2 unspecified atom stereocenters. The summed E-state index contributed by atoms with van der Waals surface area (Å²) in [6.45, 7) is 2.41. The number of aliphatic hydroxyl groups is 1. The number of aryl methyl sites for hydroxylation is 1. The third-order valence-corrected chi connectivity index (χ3v) is 3.05. The van der Waals surface area contributed by atoms with Crippen LogP contribution in [0.5, 0.6) is 0 Å². The van der Waals surface area contributed by atoms with E-state index in [1.165, 1.54) is 7.11 Å². The van der Waals surface area contributed by atoms with E-state index in [2.05, 4.69) is 5.32 Å². The molecule has 19 heavy (non-hydrogen) atoms. The van der Waals surface area contributed by atoms with Crippen LogP contribution in [0, 0.1) is 6.92 Å². The Kier molecular flexibility index (Phi) is 6.49. The molecule has 1 rings (SSSR count). The van der Waals surface area contributed by atoms with Crippen LogP contribution in [0.15, 0.2) is 24.3 Å². The van der Waals surface area contributed by atoms with Crippen molar-refractivity contribution >= 4 is 5.91 Å². The summed E-state index contributed by atoms with van der Waals surface area (Å²) in [6, 6.07) is 7.55. The summed E-state index contributed by atoms with van der Waals surface area (Å²) in [4.78, 5) is 11.6. The molecule has 0 bridgehead atoms. The van der Waals surface area contributed by atoms with Crippen molar-refractivity contribution in [2.75, 3.05) is 20.2 Å². The zero-order valence-corrected chi connectivity index (χ0v) is 11.4. The molecule has 1 aromatic rings. The van der Waals surface area contributed by atoms with Crippen molar-refractivity contribution in [3.63, 3.8) is 0 Å². The quantitative estimate of drug-likeness (QED) is 0.671. The third kappa shape index (κ3) is 4.98. The molecule has 0 saturated carbocycles. The van der Waals surface area contributed by atoms with E-state index in [0.717, 1.165) is 11.1 Å². The van der Waals surface area contributed by atoms with Crippen LogP contribution in [0.25, 0.3) is 0 Å². The van der Waals surface area contributed by atoms with Gasteiger partial charge < -0.3 is 20.9 Å². The normalized spacial score (nSPS) is 13.9. The van der Waals surface area contributed by atoms with Crippen LogP contribution in [0.4, 0.5) is 0 Å². The number of amides is 1. The third-order valence-electron chi connectivity index (χ3n) is 3.05. The first-order chi connectivity index (χ1) is 9.08. The van der Waals surface area contributed by atoms with Crippen LogP contribution in [0.1, 0.15) is 23.7 Å². The van der Waals surface area contributed by atoms with Gasteiger partial charge in [-0.1, -0.05) is 24.3 Å². The summed E-state index contributed by atoms with van der Waals surface area (Å²) >= 11 is 0. The highest BCUT2D eigenvalue weighted by atomic mass is 16.5. The molecule has 1 amide bonds. The first kappa shape index (κ1) is 15.6. The molecule has 0 fully saturated rings. The average Bonchev–Trinajstić information content (AvgIpc) is 2.42. The summed E-state index contributed by atoms with van der Waals surface area (Å²) in [5, 5.41) is 12.7. The van der Waals surface area contributed by atoms with Gasteiger partial charge in [-0.2, -0.15) is 0 Å². The second-order valence-electron chi connectivity index (χ2n) is 4.47. The van der Waals surface area contributed by atoms with Crippen LogP contribution in [-0.2, 0) is 9.53 Å². The van der Waals surface area contributed by atoms with Gasteiger partial charge in [0.05, 0.1) is 18.6 Å². The number of aliphatic hydroxyl groups excluding tert-OH is 1. The first-order valence-corrected chi connectivity index (χ1v) is 6.31. The fraction of sp³-hybridized carbons (Fsp3) is 0.500. The Bertz CT molecular complexity index is 405. The lowest BCUT2D eigenvalue weighted by Crippen LogP contribution is -2.34. The van der Waals surface area contributed by atoms with Gasteiger partial charge in [-0.05, 0) is 18.1 Å². The van der Waals surface area contributed by atoms with E-state index in [1.807, 2.05) is 31.2 Å². The molecule has 106 valence electrons. The van der Waals surface area contributed by atoms with E-state index < -0.39 is 6.10 Å². The summed E-state index contributed by atoms with van der Waals surface area (Å²) in [5.41, 5.74) is 7.27. The second kappa shape index (κ2) is 7.89. The minimum Gasteiger partial charge on any atom is -0.387 e. The number of methoxy groups -OCH3 is 1. The Hall–Kier alpha value is -1.43. The Balaban J connectivity index is 2.44. The van der Waals surface area contributed by atoms with E-state index >= 15 is 0 Å². The van der Waals surface area contributed by atoms with E-state index in [0.29, 0.717) is 6.54 Å². The Labute approximate surface area is 113 Å². The van der Waals surface area contributed by atoms with Crippen molar-refractivity contribution in [3.8, 4) is 0 Å². The highest BCUT2D eigenvalue weighted by Crippen LogP contribution is 2.16. The maximum Gasteiger partial charge on any atom is 0.222 e. The van der Waals surface area contributed by atoms with Gasteiger partial charge in [0, 0.05) is 20.2 Å². The molecule has 0 aromatic heterocycles. The number of carbonyl (C=O) groups is 1. The molecule has 0 aliphatic carbocycles. The predicted molar refractivity (Wildman–Crippen MR) is 73.6 cm³/mol. The monoisotopic (exact) mass is 266 g/mol. The topological polar surface area (TPSA) is 84.6 Å². The lowest BCUT2D eigenvalue weighted by molar-refractivity contribution is -0.123. The van der Waals surface area contributed by atoms with Gasteiger partial charge >= 0.3 is 0 Å². The smallest absolute Gasteiger partial charge is 0.222 e. The van der Waals surface area contributed by atoms with Crippen molar-refractivity contribution in [3.05, 3.63) is 35.4 Å². The lowest BCUT2D eigenvalue weighted by atomic mass is 10.0. The standard InChI is InChI=1S/C14H22N2O3/c1-10-5-3-4-6-12(10)13(17)9-16-14(18)7-11(8-15)19-2/h3-6,11,13,17H,7-9,15H2,1-2H3,(H,16,18). The highest BCUT2D eigenvalue weighted by molar-refractivity contribution is 5.76. The predicted octanol–water partition coefficient (Wildman–Crippen LogP) is 0.508. The largest absolute Gasteiger partial charge is 0.387 e. The molecule has 5 heteroatoms. The molecule has 4 N–H and O–H groups in total. The number of benzene rings is 1. The van der Waals surface area contributed by atoms with Crippen LogP contribution < -0.4 is 11.1 Å². The molecule has 0 saturated heterocycles. The van der Waals surface area contributed by atoms with Crippen molar-refractivity contribution in [1.29, 1.82) is 0 Å². The Morgan fingerprint density at radius 2 is 2.16 bits per heavy atom. The van der Waals surface area contributed by atoms with Gasteiger partial charge in [-0.25, -0.2) is 0 Å². The van der Waals surface area contributed by atoms with Crippen LogP contribution in [0.3, 0.4) is 0 Å². The molecule has 1 aromatic carbocycles. The SMILES string of the molecule is COC(CN)CC(=O)NCC(O)c1ccccc1C. The molecule has 0 spiro atoms. The van der Waals surface area contributed by atoms with Crippen molar-refractivity contribution < 1.29 is 14.6 Å². The van der Waals surface area contributed by atoms with Gasteiger partial charge in [-0.3, -0.25) is 4.79 Å². The molecule has 0 aliphatic rings. The number of carbonyl (C=O) groups excluding carboxylic acids is 1. The molecular weight excluding hydrogens is 244 g/mol. The van der Waals surface area contributed by atoms with E-state index in [9.17, 15) is 9.90 Å². The number of ether oxygens (including phenoxy) is 1. The summed E-state index contributed by atoms with van der Waals surface area (Å²) in [7, 11) is 1.52. The molecule has 0 aliphatic heterocycles. The van der Waals surface area contributed by atoms with E-state index in [-0.39, 0.29) is 25.0 Å². The van der Waals surface area contributed by atoms with Gasteiger partial charge in [0.2, 0.25) is 5.91 Å². The van der Waals surface area contributed by atoms with Gasteiger partial charge in [-0.15, -0.1) is 0 Å². The summed E-state index contributed by atoms with van der Waals surface area (Å²) in [6.07, 6.45) is -0.785. The summed E-state index contributed by atoms with van der Waals surface area (Å²) in [5.74, 6) is -0.176. The van der Waals surface area contributed by atoms with Crippen LogP contribution in [0.2, 0.25) is 0 Å². The number of hydrogen-bond acceptors (Lipinski definition) is 4. The number of nitrogens with two attached hydrogens (primary N) is 1. The molecule has 2 atom stereocenters. The molecular formula is C14H22N2O3. The lowest BCUT2D eigenvalue weighted by Gasteiger charge is -2.16. The minimum atomic E-state index is -0.705. The number of hydrogen-bond donors (Lipinski definition) is 3. The first-order valence-electron chi connectivity index (χ1n) is 6.31. The van der Waals surface area contributed by atoms with Gasteiger partial charge in [0.1, 0.15) is 0 Å². The van der Waals surface area contributed by atoms with Gasteiger partial charge in [0.25, 0.3) is 0 Å². The van der Waals surface area contributed by atoms with Crippen LogP contribution in [-0.4, -0.2) is 37.3 Å². The Morgan fingerprint density at radius 1 is 1.47 bits per heavy atom. The van der Waals surface area contributed by atoms with Gasteiger partial charge in [0.15, 0.2) is 0 Å². The number of rotatable bonds is 7. The zero-order valence-electron chi connectivity index (χ0n) is 11.4. The second-order valence-corrected chi connectivity index (χ2v) is 4.47. The summed E-state index contributed by atoms with van der Waals surface area (Å²) < 4.78 is 5.03. The van der Waals surface area contributed by atoms with Crippen LogP contribution >= 0.6 is 0 Å². The van der Waals surface area contributed by atoms with Crippen molar-refractivity contribution in [2.24, 2.45) is 5.73 Å². The minimum absolute atomic E-state index is 0.176. The molecule has 0 radical (unpaired) electrons. The van der Waals surface area contributed by atoms with E-state index in [4.69, 9.17) is 10.5 Å². The molecule has 5 nitrogen and oxygen atoms in total. The zero-order chi connectivity index (χ0) is 14.3. The van der Waals surface area contributed by atoms with Crippen molar-refractivity contribution in [1.82, 2.24) is 5.32 Å². The maximum absolute atomic E-state index is 11.6.